The topological polar surface area (TPSA) is 70.2 Å². The van der Waals surface area contributed by atoms with Crippen LogP contribution in [0.15, 0.2) is 24.3 Å². The molecule has 0 bridgehead atoms. The SMILES string of the molecule is CC(CC(=O)Nc1cccc(C(=O)NC(C)(C)C)c1)C1CCCNC1.Cl. The predicted molar refractivity (Wildman–Crippen MR) is 109 cm³/mol. The standard InChI is InChI=1S/C20H31N3O2.ClH/c1-14(16-8-6-10-21-13-16)11-18(24)22-17-9-5-7-15(12-17)19(25)23-20(2,3)4;/h5,7,9,12,14,16,21H,6,8,10-11,13H2,1-4H3,(H,22,24)(H,23,25);1H. The molecule has 6 heteroatoms. The average molecular weight is 382 g/mol. The van der Waals surface area contributed by atoms with Crippen molar-refractivity contribution in [2.45, 2.75) is 52.5 Å². The number of hydrogen-bond donors (Lipinski definition) is 3. The summed E-state index contributed by atoms with van der Waals surface area (Å²) in [5, 5.41) is 9.26. The zero-order chi connectivity index (χ0) is 18.4. The first-order valence-electron chi connectivity index (χ1n) is 9.18. The lowest BCUT2D eigenvalue weighted by Crippen LogP contribution is -2.40. The Morgan fingerprint density at radius 2 is 2.04 bits per heavy atom. The Bertz CT molecular complexity index is 607. The van der Waals surface area contributed by atoms with Crippen molar-refractivity contribution in [3.05, 3.63) is 29.8 Å². The fourth-order valence-electron chi connectivity index (χ4n) is 3.19. The molecule has 1 aromatic carbocycles. The molecule has 5 nitrogen and oxygen atoms in total. The van der Waals surface area contributed by atoms with Gasteiger partial charge in [-0.25, -0.2) is 0 Å². The highest BCUT2D eigenvalue weighted by Gasteiger charge is 2.22. The largest absolute Gasteiger partial charge is 0.347 e. The van der Waals surface area contributed by atoms with Crippen molar-refractivity contribution in [1.29, 1.82) is 0 Å². The van der Waals surface area contributed by atoms with Gasteiger partial charge in [0.05, 0.1) is 0 Å². The molecule has 0 spiro atoms. The van der Waals surface area contributed by atoms with E-state index in [0.717, 1.165) is 13.1 Å². The molecule has 1 heterocycles. The highest BCUT2D eigenvalue weighted by molar-refractivity contribution is 5.97. The number of nitrogens with one attached hydrogen (secondary N) is 3. The van der Waals surface area contributed by atoms with Crippen LogP contribution in [0.1, 0.15) is 57.3 Å². The summed E-state index contributed by atoms with van der Waals surface area (Å²) in [6, 6.07) is 7.10. The summed E-state index contributed by atoms with van der Waals surface area (Å²) >= 11 is 0. The molecule has 1 aromatic rings. The summed E-state index contributed by atoms with van der Waals surface area (Å²) in [7, 11) is 0. The summed E-state index contributed by atoms with van der Waals surface area (Å²) in [6.07, 6.45) is 2.87. The number of carbonyl (C=O) groups excluding carboxylic acids is 2. The first kappa shape index (κ1) is 22.5. The van der Waals surface area contributed by atoms with Gasteiger partial charge >= 0.3 is 0 Å². The lowest BCUT2D eigenvalue weighted by molar-refractivity contribution is -0.117. The monoisotopic (exact) mass is 381 g/mol. The van der Waals surface area contributed by atoms with E-state index < -0.39 is 0 Å². The Kier molecular flexibility index (Phi) is 8.57. The van der Waals surface area contributed by atoms with Crippen LogP contribution in [0.4, 0.5) is 5.69 Å². The molecule has 26 heavy (non-hydrogen) atoms. The average Bonchev–Trinajstić information content (AvgIpc) is 2.54. The van der Waals surface area contributed by atoms with Crippen molar-refractivity contribution in [3.8, 4) is 0 Å². The molecule has 2 atom stereocenters. The van der Waals surface area contributed by atoms with Crippen molar-refractivity contribution < 1.29 is 9.59 Å². The number of anilines is 1. The maximum absolute atomic E-state index is 12.3. The predicted octanol–water partition coefficient (Wildman–Crippen LogP) is 3.60. The molecule has 0 aliphatic carbocycles. The molecule has 1 fully saturated rings. The van der Waals surface area contributed by atoms with E-state index in [9.17, 15) is 9.59 Å². The second kappa shape index (κ2) is 9.93. The Hall–Kier alpha value is -1.59. The minimum atomic E-state index is -0.292. The first-order chi connectivity index (χ1) is 11.7. The van der Waals surface area contributed by atoms with Gasteiger partial charge in [-0.05, 0) is 76.7 Å². The van der Waals surface area contributed by atoms with E-state index in [1.165, 1.54) is 12.8 Å². The number of benzene rings is 1. The summed E-state index contributed by atoms with van der Waals surface area (Å²) in [6.45, 7) is 10.0. The van der Waals surface area contributed by atoms with Crippen LogP contribution in [0, 0.1) is 11.8 Å². The molecule has 0 aromatic heterocycles. The highest BCUT2D eigenvalue weighted by Crippen LogP contribution is 2.23. The van der Waals surface area contributed by atoms with Gasteiger partial charge in [0.25, 0.3) is 5.91 Å². The molecule has 1 aliphatic rings. The van der Waals surface area contributed by atoms with E-state index in [-0.39, 0.29) is 29.8 Å². The number of amides is 2. The Labute approximate surface area is 163 Å². The molecule has 146 valence electrons. The van der Waals surface area contributed by atoms with Gasteiger partial charge in [0.1, 0.15) is 0 Å². The van der Waals surface area contributed by atoms with Gasteiger partial charge in [-0.1, -0.05) is 13.0 Å². The molecular formula is C20H32ClN3O2. The van der Waals surface area contributed by atoms with E-state index in [2.05, 4.69) is 22.9 Å². The number of carbonyl (C=O) groups is 2. The number of piperidine rings is 1. The minimum absolute atomic E-state index is 0. The first-order valence-corrected chi connectivity index (χ1v) is 9.18. The molecule has 3 N–H and O–H groups in total. The van der Waals surface area contributed by atoms with Gasteiger partial charge in [-0.15, -0.1) is 12.4 Å². The Morgan fingerprint density at radius 3 is 2.65 bits per heavy atom. The summed E-state index contributed by atoms with van der Waals surface area (Å²) in [4.78, 5) is 24.6. The maximum atomic E-state index is 12.3. The smallest absolute Gasteiger partial charge is 0.251 e. The number of halogens is 1. The van der Waals surface area contributed by atoms with Gasteiger partial charge in [-0.3, -0.25) is 9.59 Å². The third kappa shape index (κ3) is 7.34. The second-order valence-electron chi connectivity index (χ2n) is 8.12. The highest BCUT2D eigenvalue weighted by atomic mass is 35.5. The number of hydrogen-bond acceptors (Lipinski definition) is 3. The molecule has 1 saturated heterocycles. The van der Waals surface area contributed by atoms with Crippen molar-refractivity contribution >= 4 is 29.9 Å². The number of rotatable bonds is 5. The van der Waals surface area contributed by atoms with Crippen LogP contribution in [-0.2, 0) is 4.79 Å². The van der Waals surface area contributed by atoms with Crippen molar-refractivity contribution in [2.75, 3.05) is 18.4 Å². The molecule has 2 rings (SSSR count). The van der Waals surface area contributed by atoms with Crippen molar-refractivity contribution in [1.82, 2.24) is 10.6 Å². The van der Waals surface area contributed by atoms with Crippen LogP contribution < -0.4 is 16.0 Å². The van der Waals surface area contributed by atoms with Gasteiger partial charge in [0.2, 0.25) is 5.91 Å². The molecular weight excluding hydrogens is 350 g/mol. The summed E-state index contributed by atoms with van der Waals surface area (Å²) < 4.78 is 0. The van der Waals surface area contributed by atoms with Gasteiger partial charge in [0.15, 0.2) is 0 Å². The third-order valence-corrected chi connectivity index (χ3v) is 4.54. The van der Waals surface area contributed by atoms with Crippen LogP contribution in [0.3, 0.4) is 0 Å². The van der Waals surface area contributed by atoms with Gasteiger partial charge < -0.3 is 16.0 Å². The zero-order valence-corrected chi connectivity index (χ0v) is 17.0. The fourth-order valence-corrected chi connectivity index (χ4v) is 3.19. The van der Waals surface area contributed by atoms with E-state index in [1.807, 2.05) is 26.8 Å². The molecule has 0 saturated carbocycles. The summed E-state index contributed by atoms with van der Waals surface area (Å²) in [5.41, 5.74) is 0.928. The van der Waals surface area contributed by atoms with Crippen LogP contribution in [0.25, 0.3) is 0 Å². The van der Waals surface area contributed by atoms with Gasteiger partial charge in [0, 0.05) is 23.2 Å². The molecule has 1 aliphatic heterocycles. The van der Waals surface area contributed by atoms with Crippen LogP contribution >= 0.6 is 12.4 Å². The van der Waals surface area contributed by atoms with Crippen LogP contribution in [-0.4, -0.2) is 30.4 Å². The molecule has 0 radical (unpaired) electrons. The van der Waals surface area contributed by atoms with Crippen molar-refractivity contribution in [3.63, 3.8) is 0 Å². The quantitative estimate of drug-likeness (QED) is 0.729. The molecule has 2 amide bonds. The van der Waals surface area contributed by atoms with Gasteiger partial charge in [-0.2, -0.15) is 0 Å². The van der Waals surface area contributed by atoms with Crippen molar-refractivity contribution in [2.24, 2.45) is 11.8 Å². The van der Waals surface area contributed by atoms with Crippen LogP contribution in [0.2, 0.25) is 0 Å². The van der Waals surface area contributed by atoms with E-state index >= 15 is 0 Å². The van der Waals surface area contributed by atoms with E-state index in [4.69, 9.17) is 0 Å². The normalized spacial score (nSPS) is 18.4. The lowest BCUT2D eigenvalue weighted by Gasteiger charge is -2.28. The third-order valence-electron chi connectivity index (χ3n) is 4.54. The molecule has 2 unspecified atom stereocenters. The lowest BCUT2D eigenvalue weighted by atomic mass is 9.85. The maximum Gasteiger partial charge on any atom is 0.251 e. The Morgan fingerprint density at radius 1 is 1.31 bits per heavy atom. The van der Waals surface area contributed by atoms with Crippen LogP contribution in [0.5, 0.6) is 0 Å². The Balaban J connectivity index is 0.00000338. The van der Waals surface area contributed by atoms with E-state index in [0.29, 0.717) is 29.5 Å². The second-order valence-corrected chi connectivity index (χ2v) is 8.12. The minimum Gasteiger partial charge on any atom is -0.347 e. The van der Waals surface area contributed by atoms with E-state index in [1.54, 1.807) is 18.2 Å². The zero-order valence-electron chi connectivity index (χ0n) is 16.2. The fraction of sp³-hybridized carbons (Fsp3) is 0.600. The summed E-state index contributed by atoms with van der Waals surface area (Å²) in [5.74, 6) is 0.778.